The molecule has 0 amide bonds. The first kappa shape index (κ1) is 13.2. The van der Waals surface area contributed by atoms with Crippen molar-refractivity contribution in [2.45, 2.75) is 45.1 Å². The van der Waals surface area contributed by atoms with Crippen molar-refractivity contribution in [1.29, 1.82) is 0 Å². The molecule has 0 aliphatic carbocycles. The van der Waals surface area contributed by atoms with Crippen molar-refractivity contribution >= 4 is 0 Å². The Hall–Kier alpha value is -0.860. The van der Waals surface area contributed by atoms with E-state index in [1.54, 1.807) is 0 Å². The van der Waals surface area contributed by atoms with Crippen LogP contribution in [0.3, 0.4) is 0 Å². The number of hydrogen-bond acceptors (Lipinski definition) is 2. The van der Waals surface area contributed by atoms with Crippen LogP contribution in [0.15, 0.2) is 24.3 Å². The zero-order chi connectivity index (χ0) is 12.0. The fraction of sp³-hybridized carbons (Fsp3) is 0.571. The van der Waals surface area contributed by atoms with E-state index < -0.39 is 6.10 Å². The van der Waals surface area contributed by atoms with Crippen molar-refractivity contribution in [2.75, 3.05) is 6.61 Å². The zero-order valence-corrected chi connectivity index (χ0v) is 10.2. The van der Waals surface area contributed by atoms with Gasteiger partial charge in [-0.2, -0.15) is 0 Å². The summed E-state index contributed by atoms with van der Waals surface area (Å²) in [7, 11) is 0. The number of hydrogen-bond donors (Lipinski definition) is 2. The minimum Gasteiger partial charge on any atom is -0.394 e. The topological polar surface area (TPSA) is 40.5 Å². The monoisotopic (exact) mass is 222 g/mol. The molecule has 2 nitrogen and oxygen atoms in total. The number of unbranched alkanes of at least 4 members (excludes halogenated alkanes) is 1. The summed E-state index contributed by atoms with van der Waals surface area (Å²) in [5.74, 6) is -0.00780. The van der Waals surface area contributed by atoms with Gasteiger partial charge in [-0.3, -0.25) is 0 Å². The summed E-state index contributed by atoms with van der Waals surface area (Å²) in [5, 5.41) is 18.5. The molecule has 2 N–H and O–H groups in total. The predicted octanol–water partition coefficient (Wildman–Crippen LogP) is 2.49. The Morgan fingerprint density at radius 2 is 2.06 bits per heavy atom. The second-order valence-corrected chi connectivity index (χ2v) is 4.39. The molecule has 1 aromatic rings. The van der Waals surface area contributed by atoms with Gasteiger partial charge in [-0.15, -0.1) is 0 Å². The fourth-order valence-electron chi connectivity index (χ4n) is 1.79. The van der Waals surface area contributed by atoms with E-state index in [0.29, 0.717) is 0 Å². The molecule has 0 saturated carbocycles. The molecule has 0 aliphatic heterocycles. The molecular formula is C14H22O2. The van der Waals surface area contributed by atoms with Crippen LogP contribution in [0.1, 0.15) is 43.7 Å². The van der Waals surface area contributed by atoms with Crippen LogP contribution in [0.5, 0.6) is 0 Å². The Bertz CT molecular complexity index is 309. The van der Waals surface area contributed by atoms with Crippen molar-refractivity contribution in [3.63, 3.8) is 0 Å². The molecule has 0 bridgehead atoms. The molecule has 90 valence electrons. The fourth-order valence-corrected chi connectivity index (χ4v) is 1.79. The van der Waals surface area contributed by atoms with Crippen molar-refractivity contribution < 1.29 is 10.2 Å². The average molecular weight is 222 g/mol. The summed E-state index contributed by atoms with van der Waals surface area (Å²) >= 11 is 0. The van der Waals surface area contributed by atoms with Crippen LogP contribution < -0.4 is 0 Å². The van der Waals surface area contributed by atoms with Crippen molar-refractivity contribution in [3.8, 4) is 0 Å². The summed E-state index contributed by atoms with van der Waals surface area (Å²) in [5.41, 5.74) is 2.42. The van der Waals surface area contributed by atoms with Crippen molar-refractivity contribution in [2.24, 2.45) is 0 Å². The third-order valence-corrected chi connectivity index (χ3v) is 3.06. The summed E-state index contributed by atoms with van der Waals surface area (Å²) in [6.07, 6.45) is 2.81. The van der Waals surface area contributed by atoms with E-state index in [1.165, 1.54) is 18.4 Å². The molecule has 0 spiro atoms. The molecule has 2 heteroatoms. The van der Waals surface area contributed by atoms with Crippen LogP contribution in [0, 0.1) is 0 Å². The minimum absolute atomic E-state index is 0.00780. The number of benzene rings is 1. The van der Waals surface area contributed by atoms with Gasteiger partial charge in [-0.1, -0.05) is 44.5 Å². The number of aliphatic hydroxyl groups is 2. The van der Waals surface area contributed by atoms with Crippen LogP contribution in [0.2, 0.25) is 0 Å². The van der Waals surface area contributed by atoms with E-state index in [-0.39, 0.29) is 12.5 Å². The van der Waals surface area contributed by atoms with Gasteiger partial charge < -0.3 is 10.2 Å². The van der Waals surface area contributed by atoms with Crippen molar-refractivity contribution in [3.05, 3.63) is 35.4 Å². The van der Waals surface area contributed by atoms with E-state index in [9.17, 15) is 5.11 Å². The number of aliphatic hydroxyl groups excluding tert-OH is 2. The molecule has 0 aliphatic rings. The maximum Gasteiger partial charge on any atom is 0.0836 e. The molecule has 0 aromatic heterocycles. The predicted molar refractivity (Wildman–Crippen MR) is 66.6 cm³/mol. The van der Waals surface area contributed by atoms with E-state index in [1.807, 2.05) is 19.1 Å². The number of rotatable bonds is 6. The molecule has 0 saturated heterocycles. The van der Waals surface area contributed by atoms with E-state index in [2.05, 4.69) is 19.1 Å². The molecule has 2 atom stereocenters. The quantitative estimate of drug-likeness (QED) is 0.776. The van der Waals surface area contributed by atoms with Crippen LogP contribution in [-0.4, -0.2) is 22.9 Å². The van der Waals surface area contributed by atoms with Gasteiger partial charge in [0.25, 0.3) is 0 Å². The summed E-state index contributed by atoms with van der Waals surface area (Å²) in [4.78, 5) is 0. The summed E-state index contributed by atoms with van der Waals surface area (Å²) < 4.78 is 0. The highest BCUT2D eigenvalue weighted by atomic mass is 16.3. The van der Waals surface area contributed by atoms with Crippen LogP contribution in [0.25, 0.3) is 0 Å². The highest BCUT2D eigenvalue weighted by molar-refractivity contribution is 5.27. The normalized spacial score (nSPS) is 14.8. The molecule has 1 aromatic carbocycles. The van der Waals surface area contributed by atoms with Gasteiger partial charge in [0, 0.05) is 5.92 Å². The first-order valence-electron chi connectivity index (χ1n) is 6.06. The Balaban J connectivity index is 2.73. The third kappa shape index (κ3) is 3.62. The zero-order valence-electron chi connectivity index (χ0n) is 10.2. The molecule has 0 radical (unpaired) electrons. The SMILES string of the molecule is CCCCc1cccc(C(C)C(O)CO)c1. The molecule has 0 fully saturated rings. The lowest BCUT2D eigenvalue weighted by Crippen LogP contribution is -2.20. The molecular weight excluding hydrogens is 200 g/mol. The lowest BCUT2D eigenvalue weighted by atomic mass is 9.93. The second-order valence-electron chi connectivity index (χ2n) is 4.39. The molecule has 2 unspecified atom stereocenters. The van der Waals surface area contributed by atoms with Gasteiger partial charge in [-0.25, -0.2) is 0 Å². The van der Waals surface area contributed by atoms with Crippen molar-refractivity contribution in [1.82, 2.24) is 0 Å². The van der Waals surface area contributed by atoms with E-state index in [0.717, 1.165) is 12.0 Å². The molecule has 1 rings (SSSR count). The lowest BCUT2D eigenvalue weighted by Gasteiger charge is -2.17. The van der Waals surface area contributed by atoms with Crippen LogP contribution in [0.4, 0.5) is 0 Å². The standard InChI is InChI=1S/C14H22O2/c1-3-4-6-12-7-5-8-13(9-12)11(2)14(16)10-15/h5,7-9,11,14-16H,3-4,6,10H2,1-2H3. The number of aryl methyl sites for hydroxylation is 1. The summed E-state index contributed by atoms with van der Waals surface area (Å²) in [6, 6.07) is 8.30. The third-order valence-electron chi connectivity index (χ3n) is 3.06. The van der Waals surface area contributed by atoms with Crippen LogP contribution in [-0.2, 0) is 6.42 Å². The Kier molecular flexibility index (Phi) is 5.50. The highest BCUT2D eigenvalue weighted by Gasteiger charge is 2.15. The Labute approximate surface area is 97.9 Å². The minimum atomic E-state index is -0.665. The first-order chi connectivity index (χ1) is 7.69. The second kappa shape index (κ2) is 6.66. The van der Waals surface area contributed by atoms with Gasteiger partial charge in [0.2, 0.25) is 0 Å². The first-order valence-corrected chi connectivity index (χ1v) is 6.06. The van der Waals surface area contributed by atoms with Gasteiger partial charge in [0.15, 0.2) is 0 Å². The molecule has 0 heterocycles. The maximum absolute atomic E-state index is 9.60. The van der Waals surface area contributed by atoms with Gasteiger partial charge in [0.1, 0.15) is 0 Å². The van der Waals surface area contributed by atoms with E-state index in [4.69, 9.17) is 5.11 Å². The lowest BCUT2D eigenvalue weighted by molar-refractivity contribution is 0.0772. The smallest absolute Gasteiger partial charge is 0.0836 e. The molecule has 16 heavy (non-hydrogen) atoms. The Morgan fingerprint density at radius 3 is 2.69 bits per heavy atom. The van der Waals surface area contributed by atoms with Gasteiger partial charge >= 0.3 is 0 Å². The highest BCUT2D eigenvalue weighted by Crippen LogP contribution is 2.20. The summed E-state index contributed by atoms with van der Waals surface area (Å²) in [6.45, 7) is 3.95. The van der Waals surface area contributed by atoms with Gasteiger partial charge in [0.05, 0.1) is 12.7 Å². The Morgan fingerprint density at radius 1 is 1.31 bits per heavy atom. The van der Waals surface area contributed by atoms with E-state index >= 15 is 0 Å². The average Bonchev–Trinajstić information content (AvgIpc) is 2.34. The van der Waals surface area contributed by atoms with Gasteiger partial charge in [-0.05, 0) is 24.0 Å². The largest absolute Gasteiger partial charge is 0.394 e. The maximum atomic E-state index is 9.60. The van der Waals surface area contributed by atoms with Crippen LogP contribution >= 0.6 is 0 Å².